The van der Waals surface area contributed by atoms with Gasteiger partial charge in [-0.1, -0.05) is 54.3 Å². The van der Waals surface area contributed by atoms with Crippen LogP contribution in [-0.4, -0.2) is 5.78 Å². The Hall–Kier alpha value is -1.42. The second-order valence-electron chi connectivity index (χ2n) is 5.96. The van der Waals surface area contributed by atoms with Crippen molar-refractivity contribution in [1.82, 2.24) is 0 Å². The molecule has 1 radical (unpaired) electrons. The molecule has 27 heavy (non-hydrogen) atoms. The van der Waals surface area contributed by atoms with Gasteiger partial charge in [0.15, 0.2) is 5.78 Å². The van der Waals surface area contributed by atoms with Gasteiger partial charge in [-0.3, -0.25) is 4.79 Å². The van der Waals surface area contributed by atoms with E-state index in [9.17, 15) is 4.79 Å². The molecule has 0 atom stereocenters. The van der Waals surface area contributed by atoms with Gasteiger partial charge in [-0.05, 0) is 19.1 Å². The van der Waals surface area contributed by atoms with E-state index in [2.05, 4.69) is 30.4 Å². The second-order valence-corrected chi connectivity index (χ2v) is 7.02. The zero-order chi connectivity index (χ0) is 18.4. The maximum Gasteiger partial charge on any atom is 0.187 e. The number of nitrogens with one attached hydrogen (secondary N) is 1. The topological polar surface area (TPSA) is 29.1 Å². The Kier molecular flexibility index (Phi) is 8.75. The van der Waals surface area contributed by atoms with Crippen LogP contribution in [0.1, 0.15) is 22.8 Å². The second kappa shape index (κ2) is 10.8. The van der Waals surface area contributed by atoms with Gasteiger partial charge in [0.1, 0.15) is 0 Å². The van der Waals surface area contributed by atoms with Gasteiger partial charge in [0.05, 0.1) is 5.69 Å². The first-order valence-electron chi connectivity index (χ1n) is 8.42. The number of hydrogen-bond acceptors (Lipinski definition) is 3. The smallest absolute Gasteiger partial charge is 0.187 e. The summed E-state index contributed by atoms with van der Waals surface area (Å²) in [4.78, 5) is 14.5. The molecule has 0 aliphatic rings. The summed E-state index contributed by atoms with van der Waals surface area (Å²) in [6.45, 7) is 3.99. The fourth-order valence-electron chi connectivity index (χ4n) is 2.52. The molecule has 2 nitrogen and oxygen atoms in total. The average molecular weight is 499 g/mol. The molecule has 0 unspecified atom stereocenters. The number of benzene rings is 3. The third-order valence-corrected chi connectivity index (χ3v) is 5.07. The van der Waals surface area contributed by atoms with E-state index in [-0.39, 0.29) is 47.1 Å². The average Bonchev–Trinajstić information content (AvgIpc) is 2.66. The Morgan fingerprint density at radius 1 is 1.00 bits per heavy atom. The Morgan fingerprint density at radius 2 is 1.70 bits per heavy atom. The summed E-state index contributed by atoms with van der Waals surface area (Å²) in [7, 11) is 0. The monoisotopic (exact) mass is 499 g/mol. The van der Waals surface area contributed by atoms with Gasteiger partial charge < -0.3 is 5.32 Å². The number of anilines is 1. The van der Waals surface area contributed by atoms with Crippen molar-refractivity contribution < 1.29 is 46.1 Å². The zero-order valence-electron chi connectivity index (χ0n) is 15.4. The van der Waals surface area contributed by atoms with Crippen LogP contribution in [0.5, 0.6) is 0 Å². The summed E-state index contributed by atoms with van der Waals surface area (Å²) in [6.07, 6.45) is 1.64. The molecule has 0 heterocycles. The van der Waals surface area contributed by atoms with Gasteiger partial charge in [-0.25, -0.2) is 0 Å². The number of ketones is 1. The molecule has 0 amide bonds. The van der Waals surface area contributed by atoms with Crippen LogP contribution in [0.15, 0.2) is 94.4 Å². The quantitative estimate of drug-likeness (QED) is 0.251. The van der Waals surface area contributed by atoms with Crippen molar-refractivity contribution in [1.29, 1.82) is 0 Å². The first-order chi connectivity index (χ1) is 12.6. The third-order valence-electron chi connectivity index (χ3n) is 3.85. The number of carbonyl (C=O) groups is 1. The number of rotatable bonds is 6. The molecule has 0 saturated carbocycles. The molecule has 3 aromatic rings. The molecule has 1 N–H and O–H groups in total. The van der Waals surface area contributed by atoms with Crippen LogP contribution in [0.2, 0.25) is 0 Å². The Morgan fingerprint density at radius 3 is 2.44 bits per heavy atom. The predicted molar refractivity (Wildman–Crippen MR) is 109 cm³/mol. The third kappa shape index (κ3) is 6.31. The fraction of sp³-hybridized carbons (Fsp3) is 0.0870. The molecule has 0 aromatic heterocycles. The summed E-state index contributed by atoms with van der Waals surface area (Å²) in [6, 6.07) is 26.7. The Labute approximate surface area is 198 Å². The zero-order valence-corrected chi connectivity index (χ0v) is 19.9. The summed E-state index contributed by atoms with van der Waals surface area (Å²) in [5.74, 6) is -0.00651. The minimum Gasteiger partial charge on any atom is -0.358 e. The van der Waals surface area contributed by atoms with E-state index in [0.29, 0.717) is 5.56 Å². The van der Waals surface area contributed by atoms with E-state index in [1.165, 1.54) is 5.56 Å². The van der Waals surface area contributed by atoms with Crippen molar-refractivity contribution in [2.24, 2.45) is 0 Å². The molecule has 3 rings (SSSR count). The maximum atomic E-state index is 12.3. The van der Waals surface area contributed by atoms with Crippen LogP contribution in [0.4, 0.5) is 5.69 Å². The minimum absolute atomic E-state index is 0. The number of allylic oxidation sites excluding steroid dienone is 2. The van der Waals surface area contributed by atoms with E-state index < -0.39 is 0 Å². The molecule has 0 aliphatic heterocycles. The van der Waals surface area contributed by atoms with Crippen molar-refractivity contribution in [3.8, 4) is 0 Å². The molecule has 3 aromatic carbocycles. The van der Waals surface area contributed by atoms with Crippen LogP contribution >= 0.6 is 11.8 Å². The van der Waals surface area contributed by atoms with Crippen molar-refractivity contribution in [3.05, 3.63) is 102 Å². The minimum atomic E-state index is -0.00651. The molecule has 4 heteroatoms. The number of carbonyl (C=O) groups excluding carboxylic acids is 1. The number of para-hydroxylation sites is 1. The predicted octanol–water partition coefficient (Wildman–Crippen LogP) is 6.15. The molecule has 0 bridgehead atoms. The van der Waals surface area contributed by atoms with E-state index in [1.54, 1.807) is 17.8 Å². The molecular formula is C23H20NOPrS-. The van der Waals surface area contributed by atoms with Crippen LogP contribution in [0.25, 0.3) is 0 Å². The van der Waals surface area contributed by atoms with Gasteiger partial charge in [-0.15, -0.1) is 17.3 Å². The summed E-state index contributed by atoms with van der Waals surface area (Å²) >= 11 is 1.67. The summed E-state index contributed by atoms with van der Waals surface area (Å²) in [5.41, 5.74) is 3.66. The van der Waals surface area contributed by atoms with Gasteiger partial charge in [-0.2, -0.15) is 24.3 Å². The number of hydrogen-bond donors (Lipinski definition) is 1. The first kappa shape index (κ1) is 21.9. The van der Waals surface area contributed by atoms with Crippen molar-refractivity contribution in [2.45, 2.75) is 23.6 Å². The molecule has 133 valence electrons. The van der Waals surface area contributed by atoms with Crippen molar-refractivity contribution in [3.63, 3.8) is 0 Å². The molecule has 0 aliphatic carbocycles. The molecule has 0 saturated heterocycles. The Balaban J connectivity index is 0.00000261. The van der Waals surface area contributed by atoms with E-state index in [1.807, 2.05) is 67.6 Å². The van der Waals surface area contributed by atoms with Crippen LogP contribution in [0, 0.1) is 54.3 Å². The fourth-order valence-corrected chi connectivity index (χ4v) is 3.47. The largest absolute Gasteiger partial charge is 0.358 e. The van der Waals surface area contributed by atoms with Gasteiger partial charge >= 0.3 is 0 Å². The Bertz CT molecular complexity index is 938. The van der Waals surface area contributed by atoms with Crippen molar-refractivity contribution >= 4 is 23.2 Å². The SMILES string of the molecule is C/C(=C/C(=O)c1ccccc1)Nc1ccccc1Sc1[c-]cccc1C.[Pr]. The van der Waals surface area contributed by atoms with E-state index in [0.717, 1.165) is 21.2 Å². The van der Waals surface area contributed by atoms with Crippen LogP contribution in [-0.2, 0) is 0 Å². The maximum absolute atomic E-state index is 12.3. The van der Waals surface area contributed by atoms with Crippen LogP contribution in [0.3, 0.4) is 0 Å². The normalized spacial score (nSPS) is 10.8. The first-order valence-corrected chi connectivity index (χ1v) is 9.24. The summed E-state index contributed by atoms with van der Waals surface area (Å²) < 4.78 is 0. The van der Waals surface area contributed by atoms with Gasteiger partial charge in [0.25, 0.3) is 0 Å². The van der Waals surface area contributed by atoms with Gasteiger partial charge in [0, 0.05) is 63.5 Å². The van der Waals surface area contributed by atoms with Crippen molar-refractivity contribution in [2.75, 3.05) is 5.32 Å². The molecule has 0 spiro atoms. The molecular weight excluding hydrogens is 479 g/mol. The van der Waals surface area contributed by atoms with E-state index in [4.69, 9.17) is 0 Å². The van der Waals surface area contributed by atoms with Crippen LogP contribution < -0.4 is 5.32 Å². The van der Waals surface area contributed by atoms with E-state index >= 15 is 0 Å². The molecule has 0 fully saturated rings. The van der Waals surface area contributed by atoms with Gasteiger partial charge in [0.2, 0.25) is 0 Å². The standard InChI is InChI=1S/C23H20NOS.Pr/c1-17-10-6-8-14-22(17)26-23-15-9-7-13-20(23)24-18(2)16-21(25)19-11-4-3-5-12-19;/h3-13,15-16,24H,1-2H3;/q-1;/b18-16-;. The number of aryl methyl sites for hydroxylation is 1. The summed E-state index contributed by atoms with van der Waals surface area (Å²) in [5, 5.41) is 3.36.